The summed E-state index contributed by atoms with van der Waals surface area (Å²) in [7, 11) is 1.72. The van der Waals surface area contributed by atoms with Gasteiger partial charge in [0.2, 0.25) is 0 Å². The lowest BCUT2D eigenvalue weighted by Gasteiger charge is -2.13. The van der Waals surface area contributed by atoms with Crippen LogP contribution in [0.3, 0.4) is 0 Å². The van der Waals surface area contributed by atoms with Gasteiger partial charge >= 0.3 is 0 Å². The van der Waals surface area contributed by atoms with Gasteiger partial charge in [-0.3, -0.25) is 0 Å². The van der Waals surface area contributed by atoms with E-state index in [4.69, 9.17) is 4.74 Å². The summed E-state index contributed by atoms with van der Waals surface area (Å²) in [5.74, 6) is 0.976. The summed E-state index contributed by atoms with van der Waals surface area (Å²) in [6.45, 7) is 5.94. The van der Waals surface area contributed by atoms with E-state index in [-0.39, 0.29) is 0 Å². The number of methoxy groups -OCH3 is 1. The number of rotatable bonds is 7. The van der Waals surface area contributed by atoms with Crippen LogP contribution < -0.4 is 10.1 Å². The van der Waals surface area contributed by atoms with Crippen LogP contribution in [0.15, 0.2) is 11.4 Å². The maximum absolute atomic E-state index is 5.17. The van der Waals surface area contributed by atoms with Crippen LogP contribution in [-0.4, -0.2) is 38.2 Å². The van der Waals surface area contributed by atoms with Crippen molar-refractivity contribution in [3.05, 3.63) is 16.3 Å². The van der Waals surface area contributed by atoms with Gasteiger partial charge in [0, 0.05) is 16.8 Å². The predicted molar refractivity (Wildman–Crippen MR) is 72.9 cm³/mol. The molecule has 0 saturated carbocycles. The lowest BCUT2D eigenvalue weighted by molar-refractivity contribution is 0.331. The smallest absolute Gasteiger partial charge is 0.129 e. The van der Waals surface area contributed by atoms with E-state index in [1.807, 2.05) is 0 Å². The predicted octanol–water partition coefficient (Wildman–Crippen LogP) is 2.33. The number of nitrogens with one attached hydrogen (secondary N) is 1. The zero-order valence-corrected chi connectivity index (χ0v) is 11.4. The molecule has 0 amide bonds. The lowest BCUT2D eigenvalue weighted by Crippen LogP contribution is -2.24. The first kappa shape index (κ1) is 12.9. The van der Waals surface area contributed by atoms with Crippen LogP contribution in [-0.2, 0) is 6.54 Å². The summed E-state index contributed by atoms with van der Waals surface area (Å²) < 4.78 is 5.17. The molecule has 2 heterocycles. The average molecular weight is 254 g/mol. The molecule has 0 bridgehead atoms. The van der Waals surface area contributed by atoms with Gasteiger partial charge in [0.25, 0.3) is 0 Å². The monoisotopic (exact) mass is 254 g/mol. The van der Waals surface area contributed by atoms with Crippen LogP contribution in [0.25, 0.3) is 0 Å². The van der Waals surface area contributed by atoms with Crippen molar-refractivity contribution in [2.75, 3.05) is 33.3 Å². The van der Waals surface area contributed by atoms with Crippen LogP contribution in [0.4, 0.5) is 0 Å². The Morgan fingerprint density at radius 1 is 1.41 bits per heavy atom. The summed E-state index contributed by atoms with van der Waals surface area (Å²) in [6.07, 6.45) is 4.04. The van der Waals surface area contributed by atoms with Crippen molar-refractivity contribution in [1.29, 1.82) is 0 Å². The number of thiophene rings is 1. The standard InChI is InChI=1S/C13H22N2OS/c1-16-12-9-13(17-11-12)10-14-5-4-8-15-6-2-3-7-15/h9,11,14H,2-8,10H2,1H3. The Hall–Kier alpha value is -0.580. The molecule has 17 heavy (non-hydrogen) atoms. The van der Waals surface area contributed by atoms with Gasteiger partial charge in [-0.2, -0.15) is 0 Å². The van der Waals surface area contributed by atoms with Crippen molar-refractivity contribution in [2.45, 2.75) is 25.8 Å². The van der Waals surface area contributed by atoms with Crippen molar-refractivity contribution in [1.82, 2.24) is 10.2 Å². The Morgan fingerprint density at radius 3 is 2.94 bits per heavy atom. The largest absolute Gasteiger partial charge is 0.496 e. The molecule has 0 spiro atoms. The summed E-state index contributed by atoms with van der Waals surface area (Å²) in [6, 6.07) is 2.11. The number of likely N-dealkylation sites (tertiary alicyclic amines) is 1. The molecule has 0 aliphatic carbocycles. The number of hydrogen-bond donors (Lipinski definition) is 1. The molecular formula is C13H22N2OS. The van der Waals surface area contributed by atoms with Crippen molar-refractivity contribution in [2.24, 2.45) is 0 Å². The number of hydrogen-bond acceptors (Lipinski definition) is 4. The second-order valence-corrected chi connectivity index (χ2v) is 5.53. The molecule has 1 aromatic rings. The van der Waals surface area contributed by atoms with Gasteiger partial charge in [0.05, 0.1) is 7.11 Å². The summed E-state index contributed by atoms with van der Waals surface area (Å²) >= 11 is 1.76. The topological polar surface area (TPSA) is 24.5 Å². The van der Waals surface area contributed by atoms with Gasteiger partial charge in [-0.05, 0) is 51.5 Å². The second-order valence-electron chi connectivity index (χ2n) is 4.53. The van der Waals surface area contributed by atoms with Crippen molar-refractivity contribution in [3.63, 3.8) is 0 Å². The highest BCUT2D eigenvalue weighted by Gasteiger charge is 2.09. The van der Waals surface area contributed by atoms with Crippen LogP contribution in [0.1, 0.15) is 24.1 Å². The molecule has 1 N–H and O–H groups in total. The zero-order valence-electron chi connectivity index (χ0n) is 10.6. The minimum atomic E-state index is 0.966. The van der Waals surface area contributed by atoms with Crippen molar-refractivity contribution in [3.8, 4) is 5.75 Å². The van der Waals surface area contributed by atoms with E-state index in [1.165, 1.54) is 43.8 Å². The van der Waals surface area contributed by atoms with E-state index < -0.39 is 0 Å². The maximum Gasteiger partial charge on any atom is 0.129 e. The molecule has 96 valence electrons. The fourth-order valence-electron chi connectivity index (χ4n) is 2.21. The van der Waals surface area contributed by atoms with E-state index in [0.717, 1.165) is 18.8 Å². The fraction of sp³-hybridized carbons (Fsp3) is 0.692. The first-order valence-electron chi connectivity index (χ1n) is 6.43. The Labute approximate surface area is 108 Å². The van der Waals surface area contributed by atoms with Crippen molar-refractivity contribution < 1.29 is 4.74 Å². The molecule has 1 aliphatic heterocycles. The van der Waals surface area contributed by atoms with Crippen LogP contribution >= 0.6 is 11.3 Å². The fourth-order valence-corrected chi connectivity index (χ4v) is 3.01. The van der Waals surface area contributed by atoms with Gasteiger partial charge in [-0.15, -0.1) is 11.3 Å². The highest BCUT2D eigenvalue weighted by atomic mass is 32.1. The highest BCUT2D eigenvalue weighted by molar-refractivity contribution is 7.10. The molecule has 4 heteroatoms. The van der Waals surface area contributed by atoms with Crippen LogP contribution in [0.2, 0.25) is 0 Å². The van der Waals surface area contributed by atoms with Crippen LogP contribution in [0, 0.1) is 0 Å². The summed E-state index contributed by atoms with van der Waals surface area (Å²) in [5, 5.41) is 5.55. The second kappa shape index (κ2) is 6.99. The minimum Gasteiger partial charge on any atom is -0.496 e. The van der Waals surface area contributed by atoms with Crippen molar-refractivity contribution >= 4 is 11.3 Å². The molecule has 3 nitrogen and oxygen atoms in total. The normalized spacial score (nSPS) is 16.5. The Bertz CT molecular complexity index is 321. The highest BCUT2D eigenvalue weighted by Crippen LogP contribution is 2.20. The van der Waals surface area contributed by atoms with Gasteiger partial charge in [-0.1, -0.05) is 0 Å². The molecule has 2 rings (SSSR count). The van der Waals surface area contributed by atoms with Gasteiger partial charge in [0.15, 0.2) is 0 Å². The molecule has 1 aromatic heterocycles. The molecule has 1 saturated heterocycles. The third kappa shape index (κ3) is 4.30. The SMILES string of the molecule is COc1csc(CNCCCN2CCCC2)c1. The average Bonchev–Trinajstić information content (AvgIpc) is 2.99. The molecule has 0 atom stereocenters. The molecule has 0 aromatic carbocycles. The lowest BCUT2D eigenvalue weighted by atomic mass is 10.3. The van der Waals surface area contributed by atoms with E-state index in [2.05, 4.69) is 21.7 Å². The third-order valence-corrected chi connectivity index (χ3v) is 4.11. The first-order chi connectivity index (χ1) is 8.38. The molecule has 0 radical (unpaired) electrons. The van der Waals surface area contributed by atoms with E-state index in [9.17, 15) is 0 Å². The summed E-state index contributed by atoms with van der Waals surface area (Å²) in [5.41, 5.74) is 0. The van der Waals surface area contributed by atoms with E-state index in [0.29, 0.717) is 0 Å². The molecule has 1 aliphatic rings. The molecular weight excluding hydrogens is 232 g/mol. The molecule has 1 fully saturated rings. The Morgan fingerprint density at radius 2 is 2.24 bits per heavy atom. The maximum atomic E-state index is 5.17. The first-order valence-corrected chi connectivity index (χ1v) is 7.31. The number of nitrogens with zero attached hydrogens (tertiary/aromatic N) is 1. The van der Waals surface area contributed by atoms with Gasteiger partial charge in [0.1, 0.15) is 5.75 Å². The van der Waals surface area contributed by atoms with Gasteiger partial charge in [-0.25, -0.2) is 0 Å². The van der Waals surface area contributed by atoms with E-state index in [1.54, 1.807) is 18.4 Å². The summed E-state index contributed by atoms with van der Waals surface area (Å²) in [4.78, 5) is 3.92. The Balaban J connectivity index is 1.53. The third-order valence-electron chi connectivity index (χ3n) is 3.19. The minimum absolute atomic E-state index is 0.966. The number of ether oxygens (including phenoxy) is 1. The quantitative estimate of drug-likeness (QED) is 0.756. The van der Waals surface area contributed by atoms with Crippen LogP contribution in [0.5, 0.6) is 5.75 Å². The zero-order chi connectivity index (χ0) is 11.9. The van der Waals surface area contributed by atoms with E-state index >= 15 is 0 Å². The Kier molecular flexibility index (Phi) is 5.29. The molecule has 0 unspecified atom stereocenters. The van der Waals surface area contributed by atoms with Gasteiger partial charge < -0.3 is 15.0 Å².